The number of aliphatic carboxylic acids is 1. The van der Waals surface area contributed by atoms with Crippen molar-refractivity contribution in [2.24, 2.45) is 17.4 Å². The number of primary amides is 1. The Hall–Kier alpha value is -3.71. The van der Waals surface area contributed by atoms with Crippen molar-refractivity contribution in [1.82, 2.24) is 16.0 Å². The number of amides is 4. The van der Waals surface area contributed by atoms with Gasteiger partial charge in [0.2, 0.25) is 23.6 Å². The van der Waals surface area contributed by atoms with E-state index in [9.17, 15) is 39.3 Å². The van der Waals surface area contributed by atoms with Crippen molar-refractivity contribution in [2.45, 2.75) is 57.3 Å². The van der Waals surface area contributed by atoms with E-state index in [0.717, 1.165) is 0 Å². The van der Waals surface area contributed by atoms with Gasteiger partial charge in [0.05, 0.1) is 19.1 Å². The summed E-state index contributed by atoms with van der Waals surface area (Å²) in [6, 6.07) is 0.385. The van der Waals surface area contributed by atoms with E-state index in [-0.39, 0.29) is 12.2 Å². The smallest absolute Gasteiger partial charge is 0.326 e. The summed E-state index contributed by atoms with van der Waals surface area (Å²) in [4.78, 5) is 60.5. The molecule has 194 valence electrons. The van der Waals surface area contributed by atoms with Crippen molar-refractivity contribution in [2.75, 3.05) is 6.61 Å². The average molecular weight is 496 g/mol. The lowest BCUT2D eigenvalue weighted by Gasteiger charge is -2.25. The van der Waals surface area contributed by atoms with Gasteiger partial charge < -0.3 is 42.7 Å². The highest BCUT2D eigenvalue weighted by molar-refractivity contribution is 5.95. The molecular weight excluding hydrogens is 462 g/mol. The van der Waals surface area contributed by atoms with E-state index >= 15 is 0 Å². The molecule has 0 aromatic heterocycles. The number of carboxylic acid groups (broad SMARTS) is 1. The summed E-state index contributed by atoms with van der Waals surface area (Å²) >= 11 is 0. The highest BCUT2D eigenvalue weighted by atomic mass is 16.4. The number of carbonyl (C=O) groups excluding carboxylic acids is 4. The lowest BCUT2D eigenvalue weighted by Crippen LogP contribution is -2.59. The molecule has 0 aliphatic heterocycles. The molecule has 0 saturated heterocycles. The Bertz CT molecular complexity index is 908. The van der Waals surface area contributed by atoms with Crippen LogP contribution in [0.15, 0.2) is 24.3 Å². The molecule has 1 aromatic rings. The summed E-state index contributed by atoms with van der Waals surface area (Å²) in [5.41, 5.74) is 11.2. The van der Waals surface area contributed by atoms with Gasteiger partial charge in [-0.1, -0.05) is 32.4 Å². The summed E-state index contributed by atoms with van der Waals surface area (Å²) in [5, 5.41) is 35.5. The number of phenolic OH excluding ortho intramolecular Hbond substituents is 1. The van der Waals surface area contributed by atoms with E-state index in [1.807, 2.05) is 0 Å². The van der Waals surface area contributed by atoms with Gasteiger partial charge in [-0.25, -0.2) is 4.79 Å². The first kappa shape index (κ1) is 29.3. The molecule has 13 heteroatoms. The van der Waals surface area contributed by atoms with Crippen LogP contribution in [-0.4, -0.2) is 75.7 Å². The number of aliphatic hydroxyl groups is 1. The molecule has 10 N–H and O–H groups in total. The quantitative estimate of drug-likeness (QED) is 0.138. The molecule has 0 fully saturated rings. The van der Waals surface area contributed by atoms with Gasteiger partial charge in [0, 0.05) is 6.42 Å². The minimum absolute atomic E-state index is 0.0198. The maximum Gasteiger partial charge on any atom is 0.326 e. The van der Waals surface area contributed by atoms with Crippen molar-refractivity contribution < 1.29 is 39.3 Å². The lowest BCUT2D eigenvalue weighted by molar-refractivity contribution is -0.144. The standard InChI is InChI=1S/C22H33N5O8/c1-3-11(2)18(22(34)35)27-21(33)16(10-28)26-20(32)15(8-12-4-6-13(29)7-5-12)25-19(31)14(23)9-17(24)30/h4-7,11,14-16,18,28-29H,3,8-10,23H2,1-2H3,(H2,24,30)(H,25,31)(H,26,32)(H,27,33)(H,34,35). The maximum atomic E-state index is 13.0. The Balaban J connectivity index is 3.05. The van der Waals surface area contributed by atoms with Gasteiger partial charge in [0.25, 0.3) is 0 Å². The minimum Gasteiger partial charge on any atom is -0.508 e. The second-order valence-corrected chi connectivity index (χ2v) is 8.16. The Kier molecular flexibility index (Phi) is 11.6. The monoisotopic (exact) mass is 495 g/mol. The van der Waals surface area contributed by atoms with Crippen LogP contribution >= 0.6 is 0 Å². The summed E-state index contributed by atoms with van der Waals surface area (Å²) in [5.74, 6) is -5.17. The molecule has 4 amide bonds. The fraction of sp³-hybridized carbons (Fsp3) is 0.500. The first-order valence-electron chi connectivity index (χ1n) is 11.0. The first-order chi connectivity index (χ1) is 16.4. The fourth-order valence-corrected chi connectivity index (χ4v) is 3.07. The Labute approximate surface area is 202 Å². The summed E-state index contributed by atoms with van der Waals surface area (Å²) in [7, 11) is 0. The van der Waals surface area contributed by atoms with E-state index in [4.69, 9.17) is 11.5 Å². The Morgan fingerprint density at radius 3 is 1.97 bits per heavy atom. The average Bonchev–Trinajstić information content (AvgIpc) is 2.80. The van der Waals surface area contributed by atoms with E-state index in [1.165, 1.54) is 24.3 Å². The SMILES string of the molecule is CCC(C)C(NC(=O)C(CO)NC(=O)C(Cc1ccc(O)cc1)NC(=O)C(N)CC(N)=O)C(=O)O. The molecule has 1 aromatic carbocycles. The van der Waals surface area contributed by atoms with Crippen molar-refractivity contribution >= 4 is 29.6 Å². The van der Waals surface area contributed by atoms with Crippen molar-refractivity contribution in [1.29, 1.82) is 0 Å². The van der Waals surface area contributed by atoms with Gasteiger partial charge in [-0.2, -0.15) is 0 Å². The van der Waals surface area contributed by atoms with E-state index < -0.39 is 72.7 Å². The van der Waals surface area contributed by atoms with Crippen LogP contribution in [0.1, 0.15) is 32.3 Å². The number of benzene rings is 1. The van der Waals surface area contributed by atoms with Crippen LogP contribution in [0.4, 0.5) is 0 Å². The molecule has 0 heterocycles. The van der Waals surface area contributed by atoms with Crippen LogP contribution in [0, 0.1) is 5.92 Å². The van der Waals surface area contributed by atoms with Gasteiger partial charge >= 0.3 is 5.97 Å². The van der Waals surface area contributed by atoms with Gasteiger partial charge in [-0.3, -0.25) is 19.2 Å². The normalized spacial score (nSPS) is 15.1. The number of phenols is 1. The van der Waals surface area contributed by atoms with Crippen LogP contribution in [0.2, 0.25) is 0 Å². The second kappa shape index (κ2) is 13.9. The molecule has 0 aliphatic rings. The number of aromatic hydroxyl groups is 1. The van der Waals surface area contributed by atoms with E-state index in [1.54, 1.807) is 13.8 Å². The highest BCUT2D eigenvalue weighted by Gasteiger charge is 2.32. The number of rotatable bonds is 14. The van der Waals surface area contributed by atoms with Gasteiger partial charge in [-0.05, 0) is 23.6 Å². The predicted octanol–water partition coefficient (Wildman–Crippen LogP) is -2.29. The predicted molar refractivity (Wildman–Crippen MR) is 124 cm³/mol. The maximum absolute atomic E-state index is 13.0. The van der Waals surface area contributed by atoms with Crippen LogP contribution in [-0.2, 0) is 30.4 Å². The van der Waals surface area contributed by atoms with Crippen LogP contribution in [0.5, 0.6) is 5.75 Å². The number of nitrogens with two attached hydrogens (primary N) is 2. The topological polar surface area (TPSA) is 234 Å². The molecule has 0 aliphatic carbocycles. The molecule has 35 heavy (non-hydrogen) atoms. The third-order valence-corrected chi connectivity index (χ3v) is 5.36. The third-order valence-electron chi connectivity index (χ3n) is 5.36. The van der Waals surface area contributed by atoms with Crippen molar-refractivity contribution in [3.8, 4) is 5.75 Å². The molecule has 13 nitrogen and oxygen atoms in total. The Morgan fingerprint density at radius 1 is 0.943 bits per heavy atom. The van der Waals surface area contributed by atoms with E-state index in [0.29, 0.717) is 12.0 Å². The van der Waals surface area contributed by atoms with Gasteiger partial charge in [-0.15, -0.1) is 0 Å². The molecule has 0 spiro atoms. The molecule has 5 unspecified atom stereocenters. The zero-order chi connectivity index (χ0) is 26.7. The minimum atomic E-state index is -1.51. The fourth-order valence-electron chi connectivity index (χ4n) is 3.07. The van der Waals surface area contributed by atoms with Gasteiger partial charge in [0.1, 0.15) is 23.9 Å². The zero-order valence-corrected chi connectivity index (χ0v) is 19.6. The molecule has 0 radical (unpaired) electrons. The number of aliphatic hydroxyl groups excluding tert-OH is 1. The molecule has 5 atom stereocenters. The summed E-state index contributed by atoms with van der Waals surface area (Å²) in [6.07, 6.45) is -0.0987. The third kappa shape index (κ3) is 9.59. The molecular formula is C22H33N5O8. The van der Waals surface area contributed by atoms with Crippen LogP contribution < -0.4 is 27.4 Å². The number of nitrogens with one attached hydrogen (secondary N) is 3. The molecule has 0 saturated carbocycles. The van der Waals surface area contributed by atoms with Crippen LogP contribution in [0.25, 0.3) is 0 Å². The first-order valence-corrected chi connectivity index (χ1v) is 11.0. The van der Waals surface area contributed by atoms with Crippen molar-refractivity contribution in [3.05, 3.63) is 29.8 Å². The van der Waals surface area contributed by atoms with Crippen LogP contribution in [0.3, 0.4) is 0 Å². The van der Waals surface area contributed by atoms with E-state index in [2.05, 4.69) is 16.0 Å². The van der Waals surface area contributed by atoms with Crippen molar-refractivity contribution in [3.63, 3.8) is 0 Å². The molecule has 1 rings (SSSR count). The number of carboxylic acids is 1. The highest BCUT2D eigenvalue weighted by Crippen LogP contribution is 2.12. The number of carbonyl (C=O) groups is 5. The summed E-state index contributed by atoms with van der Waals surface area (Å²) in [6.45, 7) is 2.53. The largest absolute Gasteiger partial charge is 0.508 e. The number of hydrogen-bond donors (Lipinski definition) is 8. The summed E-state index contributed by atoms with van der Waals surface area (Å²) < 4.78 is 0. The lowest BCUT2D eigenvalue weighted by atomic mass is 9.99. The zero-order valence-electron chi connectivity index (χ0n) is 19.6. The van der Waals surface area contributed by atoms with Gasteiger partial charge in [0.15, 0.2) is 0 Å². The Morgan fingerprint density at radius 2 is 1.49 bits per heavy atom. The second-order valence-electron chi connectivity index (χ2n) is 8.16. The molecule has 0 bridgehead atoms. The number of hydrogen-bond acceptors (Lipinski definition) is 8.